The Hall–Kier alpha value is -4.56. The van der Waals surface area contributed by atoms with Gasteiger partial charge in [-0.3, -0.25) is 9.89 Å². The molecule has 0 radical (unpaired) electrons. The average molecular weight is 538 g/mol. The highest BCUT2D eigenvalue weighted by Crippen LogP contribution is 2.25. The molecule has 0 saturated heterocycles. The van der Waals surface area contributed by atoms with Gasteiger partial charge in [0.2, 0.25) is 0 Å². The molecule has 8 heteroatoms. The summed E-state index contributed by atoms with van der Waals surface area (Å²) in [4.78, 5) is 30.5. The molecule has 1 aromatic heterocycles. The quantitative estimate of drug-likeness (QED) is 0.217. The van der Waals surface area contributed by atoms with Crippen LogP contribution in [-0.4, -0.2) is 60.5 Å². The zero-order chi connectivity index (χ0) is 28.3. The zero-order valence-corrected chi connectivity index (χ0v) is 23.4. The number of anilines is 1. The SMILES string of the molecule is Cc1cccc(C)c1OC(=O)N(CC(Cc1ccccc1)=Nc1ccc(OCCN(C)C)cc1)c1ccncn1. The largest absolute Gasteiger partial charge is 0.492 e. The molecule has 0 aliphatic carbocycles. The first-order valence-electron chi connectivity index (χ1n) is 13.2. The highest BCUT2D eigenvalue weighted by atomic mass is 16.6. The molecule has 8 nitrogen and oxygen atoms in total. The third-order valence-electron chi connectivity index (χ3n) is 6.18. The summed E-state index contributed by atoms with van der Waals surface area (Å²) in [6.07, 6.45) is 3.02. The van der Waals surface area contributed by atoms with Crippen molar-refractivity contribution >= 4 is 23.3 Å². The smallest absolute Gasteiger partial charge is 0.421 e. The number of aromatic nitrogens is 2. The second-order valence-electron chi connectivity index (χ2n) is 9.73. The van der Waals surface area contributed by atoms with Crippen molar-refractivity contribution in [3.63, 3.8) is 0 Å². The molecule has 0 atom stereocenters. The fourth-order valence-corrected chi connectivity index (χ4v) is 4.08. The van der Waals surface area contributed by atoms with Crippen molar-refractivity contribution in [3.8, 4) is 11.5 Å². The Kier molecular flexibility index (Phi) is 9.96. The molecule has 0 unspecified atom stereocenters. The number of carbonyl (C=O) groups excluding carboxylic acids is 1. The molecule has 0 fully saturated rings. The van der Waals surface area contributed by atoms with Gasteiger partial charge in [-0.15, -0.1) is 0 Å². The zero-order valence-electron chi connectivity index (χ0n) is 23.4. The number of aliphatic imine (C=N–C) groups is 1. The fraction of sp³-hybridized carbons (Fsp3) is 0.250. The van der Waals surface area contributed by atoms with Gasteiger partial charge in [0.05, 0.1) is 12.2 Å². The lowest BCUT2D eigenvalue weighted by molar-refractivity contribution is 0.207. The third kappa shape index (κ3) is 8.22. The number of likely N-dealkylation sites (N-methyl/N-ethyl adjacent to an activating group) is 1. The van der Waals surface area contributed by atoms with Gasteiger partial charge in [-0.2, -0.15) is 0 Å². The Morgan fingerprint density at radius 2 is 1.62 bits per heavy atom. The maximum atomic E-state index is 13.6. The van der Waals surface area contributed by atoms with Crippen LogP contribution in [0.25, 0.3) is 0 Å². The van der Waals surface area contributed by atoms with Crippen LogP contribution in [0.15, 0.2) is 96.4 Å². The second-order valence-corrected chi connectivity index (χ2v) is 9.73. The summed E-state index contributed by atoms with van der Waals surface area (Å²) in [7, 11) is 4.02. The van der Waals surface area contributed by atoms with Gasteiger partial charge < -0.3 is 14.4 Å². The fourth-order valence-electron chi connectivity index (χ4n) is 4.08. The van der Waals surface area contributed by atoms with E-state index in [4.69, 9.17) is 14.5 Å². The minimum absolute atomic E-state index is 0.177. The normalized spacial score (nSPS) is 11.4. The molecule has 0 spiro atoms. The van der Waals surface area contributed by atoms with Gasteiger partial charge in [-0.25, -0.2) is 14.8 Å². The van der Waals surface area contributed by atoms with Crippen LogP contribution in [0.4, 0.5) is 16.3 Å². The van der Waals surface area contributed by atoms with Gasteiger partial charge in [0.1, 0.15) is 30.3 Å². The Labute approximate surface area is 235 Å². The van der Waals surface area contributed by atoms with E-state index in [1.54, 1.807) is 12.3 Å². The van der Waals surface area contributed by atoms with Crippen LogP contribution in [0, 0.1) is 13.8 Å². The van der Waals surface area contributed by atoms with E-state index in [-0.39, 0.29) is 6.54 Å². The molecular weight excluding hydrogens is 502 g/mol. The van der Waals surface area contributed by atoms with E-state index < -0.39 is 6.09 Å². The average Bonchev–Trinajstić information content (AvgIpc) is 2.95. The molecule has 0 N–H and O–H groups in total. The predicted octanol–water partition coefficient (Wildman–Crippen LogP) is 6.05. The highest BCUT2D eigenvalue weighted by Gasteiger charge is 2.23. The van der Waals surface area contributed by atoms with Gasteiger partial charge in [0.25, 0.3) is 0 Å². The summed E-state index contributed by atoms with van der Waals surface area (Å²) >= 11 is 0. The Morgan fingerprint density at radius 3 is 2.27 bits per heavy atom. The molecular formula is C32H35N5O3. The summed E-state index contributed by atoms with van der Waals surface area (Å²) in [6.45, 7) is 5.45. The summed E-state index contributed by atoms with van der Waals surface area (Å²) in [5.41, 5.74) is 4.36. The van der Waals surface area contributed by atoms with Crippen LogP contribution in [0.1, 0.15) is 16.7 Å². The molecule has 1 heterocycles. The van der Waals surface area contributed by atoms with Crippen LogP contribution in [-0.2, 0) is 6.42 Å². The first-order chi connectivity index (χ1) is 19.4. The van der Waals surface area contributed by atoms with E-state index >= 15 is 0 Å². The summed E-state index contributed by atoms with van der Waals surface area (Å²) in [6, 6.07) is 25.2. The van der Waals surface area contributed by atoms with Crippen molar-refractivity contribution in [1.29, 1.82) is 0 Å². The maximum Gasteiger partial charge on any atom is 0.421 e. The maximum absolute atomic E-state index is 13.6. The van der Waals surface area contributed by atoms with Crippen LogP contribution in [0.2, 0.25) is 0 Å². The van der Waals surface area contributed by atoms with Gasteiger partial charge in [-0.1, -0.05) is 48.5 Å². The van der Waals surface area contributed by atoms with E-state index in [1.807, 2.05) is 101 Å². The monoisotopic (exact) mass is 537 g/mol. The number of aryl methyl sites for hydroxylation is 2. The van der Waals surface area contributed by atoms with Gasteiger partial charge in [-0.05, 0) is 75.0 Å². The van der Waals surface area contributed by atoms with E-state index in [1.165, 1.54) is 11.2 Å². The first-order valence-corrected chi connectivity index (χ1v) is 13.2. The van der Waals surface area contributed by atoms with Gasteiger partial charge >= 0.3 is 6.09 Å². The number of benzene rings is 3. The number of carbonyl (C=O) groups is 1. The van der Waals surface area contributed by atoms with E-state index in [2.05, 4.69) is 14.9 Å². The van der Waals surface area contributed by atoms with Crippen molar-refractivity contribution < 1.29 is 14.3 Å². The van der Waals surface area contributed by atoms with E-state index in [9.17, 15) is 4.79 Å². The number of nitrogens with zero attached hydrogens (tertiary/aromatic N) is 5. The minimum atomic E-state index is -0.540. The van der Waals surface area contributed by atoms with Crippen molar-refractivity contribution in [2.75, 3.05) is 38.7 Å². The van der Waals surface area contributed by atoms with E-state index in [0.717, 1.165) is 40.4 Å². The molecule has 206 valence electrons. The van der Waals surface area contributed by atoms with Crippen molar-refractivity contribution in [2.45, 2.75) is 20.3 Å². The molecule has 4 rings (SSSR count). The number of hydrogen-bond acceptors (Lipinski definition) is 7. The van der Waals surface area contributed by atoms with Gasteiger partial charge in [0, 0.05) is 24.9 Å². The Balaban J connectivity index is 1.63. The minimum Gasteiger partial charge on any atom is -0.492 e. The molecule has 3 aromatic carbocycles. The highest BCUT2D eigenvalue weighted by molar-refractivity contribution is 5.99. The second kappa shape index (κ2) is 14.0. The lowest BCUT2D eigenvalue weighted by Gasteiger charge is -2.23. The number of amides is 1. The van der Waals surface area contributed by atoms with Crippen molar-refractivity contribution in [1.82, 2.24) is 14.9 Å². The number of rotatable bonds is 11. The lowest BCUT2D eigenvalue weighted by Crippen LogP contribution is -2.39. The lowest BCUT2D eigenvalue weighted by atomic mass is 10.1. The summed E-state index contributed by atoms with van der Waals surface area (Å²) < 4.78 is 11.7. The molecule has 0 saturated carbocycles. The standard InChI is InChI=1S/C32H35N5O3/c1-24-9-8-10-25(2)31(24)40-32(38)37(30-17-18-33-23-34-30)22-28(21-26-11-6-5-7-12-26)35-27-13-15-29(16-14-27)39-20-19-36(3)4/h5-18,23H,19-22H2,1-4H3. The van der Waals surface area contributed by atoms with Crippen LogP contribution in [0.5, 0.6) is 11.5 Å². The van der Waals surface area contributed by atoms with E-state index in [0.29, 0.717) is 24.6 Å². The molecule has 0 aliphatic heterocycles. The predicted molar refractivity (Wildman–Crippen MR) is 159 cm³/mol. The summed E-state index contributed by atoms with van der Waals surface area (Å²) in [5, 5.41) is 0. The third-order valence-corrected chi connectivity index (χ3v) is 6.18. The molecule has 4 aromatic rings. The first kappa shape index (κ1) is 28.4. The molecule has 0 aliphatic rings. The van der Waals surface area contributed by atoms with Crippen molar-refractivity contribution in [2.24, 2.45) is 4.99 Å². The number of ether oxygens (including phenoxy) is 2. The molecule has 0 bridgehead atoms. The van der Waals surface area contributed by atoms with Crippen LogP contribution >= 0.6 is 0 Å². The molecule has 40 heavy (non-hydrogen) atoms. The Morgan fingerprint density at radius 1 is 0.900 bits per heavy atom. The number of hydrogen-bond donors (Lipinski definition) is 0. The topological polar surface area (TPSA) is 80.1 Å². The van der Waals surface area contributed by atoms with Crippen LogP contribution < -0.4 is 14.4 Å². The van der Waals surface area contributed by atoms with Gasteiger partial charge in [0.15, 0.2) is 0 Å². The summed E-state index contributed by atoms with van der Waals surface area (Å²) in [5.74, 6) is 1.75. The van der Waals surface area contributed by atoms with Crippen molar-refractivity contribution in [3.05, 3.63) is 108 Å². The Bertz CT molecular complexity index is 1390. The number of para-hydroxylation sites is 1. The molecule has 1 amide bonds. The van der Waals surface area contributed by atoms with Crippen LogP contribution in [0.3, 0.4) is 0 Å².